The molecule has 0 aliphatic heterocycles. The van der Waals surface area contributed by atoms with Crippen molar-refractivity contribution in [1.82, 2.24) is 0 Å². The SMILES string of the molecule is C=C.CC.CCO. The predicted octanol–water partition coefficient (Wildman–Crippen LogP) is 1.83. The van der Waals surface area contributed by atoms with Crippen molar-refractivity contribution < 1.29 is 5.11 Å². The summed E-state index contributed by atoms with van der Waals surface area (Å²) in [6.45, 7) is 11.9. The van der Waals surface area contributed by atoms with Crippen LogP contribution in [0.1, 0.15) is 20.8 Å². The van der Waals surface area contributed by atoms with Crippen molar-refractivity contribution in [2.24, 2.45) is 0 Å². The van der Waals surface area contributed by atoms with Crippen LogP contribution in [0, 0.1) is 0 Å². The van der Waals surface area contributed by atoms with E-state index in [4.69, 9.17) is 5.11 Å². The van der Waals surface area contributed by atoms with Crippen LogP contribution in [0.5, 0.6) is 0 Å². The van der Waals surface area contributed by atoms with Gasteiger partial charge in [-0.1, -0.05) is 13.8 Å². The number of hydrogen-bond acceptors (Lipinski definition) is 1. The summed E-state index contributed by atoms with van der Waals surface area (Å²) < 4.78 is 0. The van der Waals surface area contributed by atoms with Crippen LogP contribution in [0.15, 0.2) is 13.2 Å². The van der Waals surface area contributed by atoms with Crippen molar-refractivity contribution in [2.75, 3.05) is 6.61 Å². The molecular weight excluding hydrogens is 88.1 g/mol. The summed E-state index contributed by atoms with van der Waals surface area (Å²) in [5.74, 6) is 0. The molecule has 0 rings (SSSR count). The first kappa shape index (κ1) is 15.9. The predicted molar refractivity (Wildman–Crippen MR) is 35.4 cm³/mol. The van der Waals surface area contributed by atoms with E-state index in [-0.39, 0.29) is 6.61 Å². The Balaban J connectivity index is -0.0000000360. The van der Waals surface area contributed by atoms with E-state index in [0.717, 1.165) is 0 Å². The van der Waals surface area contributed by atoms with Crippen molar-refractivity contribution in [3.05, 3.63) is 13.2 Å². The first-order valence-electron chi connectivity index (χ1n) is 2.52. The average Bonchev–Trinajstić information content (AvgIpc) is 1.78. The van der Waals surface area contributed by atoms with E-state index in [1.54, 1.807) is 6.92 Å². The Morgan fingerprint density at radius 1 is 1.29 bits per heavy atom. The van der Waals surface area contributed by atoms with Gasteiger partial charge in [-0.15, -0.1) is 13.2 Å². The Morgan fingerprint density at radius 3 is 1.29 bits per heavy atom. The van der Waals surface area contributed by atoms with E-state index in [1.165, 1.54) is 0 Å². The number of aliphatic hydroxyl groups excluding tert-OH is 1. The first-order chi connectivity index (χ1) is 3.41. The Labute approximate surface area is 46.7 Å². The highest BCUT2D eigenvalue weighted by Crippen LogP contribution is 1.30. The molecule has 46 valence electrons. The van der Waals surface area contributed by atoms with E-state index >= 15 is 0 Å². The molecule has 1 N–H and O–H groups in total. The minimum Gasteiger partial charge on any atom is -0.397 e. The van der Waals surface area contributed by atoms with Crippen molar-refractivity contribution in [3.63, 3.8) is 0 Å². The van der Waals surface area contributed by atoms with Crippen LogP contribution in [-0.4, -0.2) is 11.7 Å². The monoisotopic (exact) mass is 104 g/mol. The molecule has 7 heavy (non-hydrogen) atoms. The normalized spacial score (nSPS) is 4.00. The molecule has 0 unspecified atom stereocenters. The second-order valence-corrected chi connectivity index (χ2v) is 0.316. The minimum atomic E-state index is 0.250. The van der Waals surface area contributed by atoms with Gasteiger partial charge in [-0.25, -0.2) is 0 Å². The molecule has 0 heterocycles. The van der Waals surface area contributed by atoms with Crippen molar-refractivity contribution in [1.29, 1.82) is 0 Å². The lowest BCUT2D eigenvalue weighted by Crippen LogP contribution is -1.57. The third kappa shape index (κ3) is 867. The zero-order chi connectivity index (χ0) is 6.71. The molecule has 0 aliphatic carbocycles. The maximum Gasteiger partial charge on any atom is 0.0402 e. The summed E-state index contributed by atoms with van der Waals surface area (Å²) in [6, 6.07) is 0. The van der Waals surface area contributed by atoms with Gasteiger partial charge in [0.15, 0.2) is 0 Å². The van der Waals surface area contributed by atoms with Crippen molar-refractivity contribution >= 4 is 0 Å². The molecule has 0 radical (unpaired) electrons. The molecule has 0 spiro atoms. The third-order valence-electron chi connectivity index (χ3n) is 0. The van der Waals surface area contributed by atoms with Crippen LogP contribution < -0.4 is 0 Å². The van der Waals surface area contributed by atoms with Gasteiger partial charge in [0.25, 0.3) is 0 Å². The molecular formula is C6H16O. The Kier molecular flexibility index (Phi) is 584. The molecule has 0 fully saturated rings. The molecule has 1 nitrogen and oxygen atoms in total. The number of hydrogen-bond donors (Lipinski definition) is 1. The van der Waals surface area contributed by atoms with E-state index in [0.29, 0.717) is 0 Å². The summed E-state index contributed by atoms with van der Waals surface area (Å²) in [6.07, 6.45) is 0. The molecule has 0 saturated heterocycles. The van der Waals surface area contributed by atoms with Crippen LogP contribution in [-0.2, 0) is 0 Å². The molecule has 0 aromatic carbocycles. The molecule has 0 aliphatic rings. The van der Waals surface area contributed by atoms with Gasteiger partial charge in [-0.2, -0.15) is 0 Å². The highest BCUT2D eigenvalue weighted by Gasteiger charge is 1.34. The Hall–Kier alpha value is -0.300. The number of rotatable bonds is 0. The zero-order valence-electron chi connectivity index (χ0n) is 5.57. The van der Waals surface area contributed by atoms with Gasteiger partial charge in [0.05, 0.1) is 0 Å². The van der Waals surface area contributed by atoms with Crippen molar-refractivity contribution in [2.45, 2.75) is 20.8 Å². The molecule has 0 aromatic rings. The quantitative estimate of drug-likeness (QED) is 0.465. The van der Waals surface area contributed by atoms with E-state index in [9.17, 15) is 0 Å². The second-order valence-electron chi connectivity index (χ2n) is 0.316. The molecule has 0 amide bonds. The summed E-state index contributed by atoms with van der Waals surface area (Å²) in [7, 11) is 0. The maximum absolute atomic E-state index is 7.57. The third-order valence-corrected chi connectivity index (χ3v) is 0. The van der Waals surface area contributed by atoms with Gasteiger partial charge in [0.2, 0.25) is 0 Å². The summed E-state index contributed by atoms with van der Waals surface area (Å²) in [5.41, 5.74) is 0. The smallest absolute Gasteiger partial charge is 0.0402 e. The van der Waals surface area contributed by atoms with Crippen LogP contribution in [0.4, 0.5) is 0 Å². The van der Waals surface area contributed by atoms with E-state index < -0.39 is 0 Å². The lowest BCUT2D eigenvalue weighted by molar-refractivity contribution is 0.318. The van der Waals surface area contributed by atoms with Crippen molar-refractivity contribution in [3.8, 4) is 0 Å². The van der Waals surface area contributed by atoms with E-state index in [1.807, 2.05) is 13.8 Å². The van der Waals surface area contributed by atoms with Crippen LogP contribution >= 0.6 is 0 Å². The van der Waals surface area contributed by atoms with Gasteiger partial charge < -0.3 is 5.11 Å². The highest BCUT2D eigenvalue weighted by molar-refractivity contribution is 4.22. The molecule has 0 atom stereocenters. The summed E-state index contributed by atoms with van der Waals surface area (Å²) >= 11 is 0. The second kappa shape index (κ2) is 257. The van der Waals surface area contributed by atoms with Gasteiger partial charge in [0.1, 0.15) is 0 Å². The van der Waals surface area contributed by atoms with Crippen LogP contribution in [0.2, 0.25) is 0 Å². The lowest BCUT2D eigenvalue weighted by Gasteiger charge is -1.52. The summed E-state index contributed by atoms with van der Waals surface area (Å²) in [5, 5.41) is 7.57. The molecule has 1 heteroatoms. The molecule has 0 bridgehead atoms. The first-order valence-corrected chi connectivity index (χ1v) is 2.52. The Morgan fingerprint density at radius 2 is 1.29 bits per heavy atom. The Bertz CT molecular complexity index is 8.14. The fourth-order valence-corrected chi connectivity index (χ4v) is 0. The topological polar surface area (TPSA) is 20.2 Å². The van der Waals surface area contributed by atoms with Crippen LogP contribution in [0.25, 0.3) is 0 Å². The van der Waals surface area contributed by atoms with Gasteiger partial charge in [-0.3, -0.25) is 0 Å². The minimum absolute atomic E-state index is 0.250. The summed E-state index contributed by atoms with van der Waals surface area (Å²) in [4.78, 5) is 0. The van der Waals surface area contributed by atoms with Gasteiger partial charge >= 0.3 is 0 Å². The van der Waals surface area contributed by atoms with Crippen LogP contribution in [0.3, 0.4) is 0 Å². The van der Waals surface area contributed by atoms with Gasteiger partial charge in [-0.05, 0) is 6.92 Å². The van der Waals surface area contributed by atoms with E-state index in [2.05, 4.69) is 13.2 Å². The molecule has 0 saturated carbocycles. The van der Waals surface area contributed by atoms with Gasteiger partial charge in [0, 0.05) is 6.61 Å². The lowest BCUT2D eigenvalue weighted by atomic mass is 10.9. The fourth-order valence-electron chi connectivity index (χ4n) is 0. The highest BCUT2D eigenvalue weighted by atomic mass is 16.2. The fraction of sp³-hybridized carbons (Fsp3) is 0.667. The average molecular weight is 104 g/mol. The largest absolute Gasteiger partial charge is 0.397 e. The zero-order valence-corrected chi connectivity index (χ0v) is 5.57. The number of aliphatic hydroxyl groups is 1. The maximum atomic E-state index is 7.57. The standard InChI is InChI=1S/C2H6O.C2H6.C2H4/c1-2-3;2*1-2/h3H,2H2,1H3;1-2H3;1-2H2. The molecule has 0 aromatic heterocycles.